The third-order valence-electron chi connectivity index (χ3n) is 0.787. The number of nitrogens with one attached hydrogen (secondary N) is 1. The van der Waals surface area contributed by atoms with Crippen molar-refractivity contribution in [1.82, 2.24) is 5.32 Å². The third-order valence-corrected chi connectivity index (χ3v) is 0.787. The lowest BCUT2D eigenvalue weighted by Crippen LogP contribution is -2.24. The SMILES string of the molecule is [CH]CCCNC(=O)C=O. The zero-order valence-electron chi connectivity index (χ0n) is 5.09. The minimum Gasteiger partial charge on any atom is -0.350 e. The molecule has 0 saturated heterocycles. The van der Waals surface area contributed by atoms with Crippen LogP contribution in [0.2, 0.25) is 0 Å². The number of unbranched alkanes of at least 4 members (excludes halogenated alkanes) is 1. The molecule has 0 saturated carbocycles. The van der Waals surface area contributed by atoms with E-state index in [0.29, 0.717) is 19.4 Å². The molecule has 0 aliphatic carbocycles. The number of rotatable bonds is 4. The normalized spacial score (nSPS) is 8.56. The fraction of sp³-hybridized carbons (Fsp3) is 0.500. The van der Waals surface area contributed by atoms with E-state index in [9.17, 15) is 9.59 Å². The topological polar surface area (TPSA) is 46.2 Å². The monoisotopic (exact) mass is 127 g/mol. The second-order valence-electron chi connectivity index (χ2n) is 1.55. The van der Waals surface area contributed by atoms with E-state index < -0.39 is 5.91 Å². The maximum Gasteiger partial charge on any atom is 0.284 e. The molecule has 0 spiro atoms. The maximum absolute atomic E-state index is 10.2. The van der Waals surface area contributed by atoms with Gasteiger partial charge in [-0.05, 0) is 19.8 Å². The Morgan fingerprint density at radius 3 is 2.78 bits per heavy atom. The van der Waals surface area contributed by atoms with E-state index in [4.69, 9.17) is 6.92 Å². The van der Waals surface area contributed by atoms with Crippen LogP contribution in [0, 0.1) is 6.92 Å². The highest BCUT2D eigenvalue weighted by atomic mass is 16.2. The zero-order valence-corrected chi connectivity index (χ0v) is 5.09. The van der Waals surface area contributed by atoms with Crippen LogP contribution in [0.15, 0.2) is 0 Å². The van der Waals surface area contributed by atoms with Gasteiger partial charge in [-0.1, -0.05) is 0 Å². The van der Waals surface area contributed by atoms with E-state index in [1.54, 1.807) is 0 Å². The molecular weight excluding hydrogens is 118 g/mol. The summed E-state index contributed by atoms with van der Waals surface area (Å²) in [5, 5.41) is 2.35. The molecule has 0 aliphatic rings. The Bertz CT molecular complexity index is 101. The number of hydrogen-bond acceptors (Lipinski definition) is 2. The van der Waals surface area contributed by atoms with E-state index in [2.05, 4.69) is 5.32 Å². The van der Waals surface area contributed by atoms with E-state index in [-0.39, 0.29) is 6.29 Å². The molecule has 0 rings (SSSR count). The number of carbonyl (C=O) groups is 2. The van der Waals surface area contributed by atoms with E-state index in [1.807, 2.05) is 0 Å². The summed E-state index contributed by atoms with van der Waals surface area (Å²) in [5.74, 6) is -0.580. The molecule has 9 heavy (non-hydrogen) atoms. The Hall–Kier alpha value is -0.860. The van der Waals surface area contributed by atoms with E-state index in [0.717, 1.165) is 0 Å². The molecule has 3 nitrogen and oxygen atoms in total. The summed E-state index contributed by atoms with van der Waals surface area (Å²) in [6.45, 7) is 5.60. The van der Waals surface area contributed by atoms with Crippen molar-refractivity contribution in [3.63, 3.8) is 0 Å². The lowest BCUT2D eigenvalue weighted by Gasteiger charge is -1.95. The van der Waals surface area contributed by atoms with Crippen molar-refractivity contribution in [1.29, 1.82) is 0 Å². The molecule has 0 heterocycles. The van der Waals surface area contributed by atoms with Gasteiger partial charge in [0.25, 0.3) is 5.91 Å². The van der Waals surface area contributed by atoms with Gasteiger partial charge in [-0.3, -0.25) is 9.59 Å². The van der Waals surface area contributed by atoms with Crippen LogP contribution in [0.3, 0.4) is 0 Å². The standard InChI is InChI=1S/C6H9NO2/c1-2-3-4-7-6(9)5-8/h1,5H,2-4H2,(H,7,9). The highest BCUT2D eigenvalue weighted by molar-refractivity contribution is 6.23. The molecule has 0 fully saturated rings. The molecule has 0 bridgehead atoms. The van der Waals surface area contributed by atoms with Crippen molar-refractivity contribution in [2.24, 2.45) is 0 Å². The Balaban J connectivity index is 3.07. The van der Waals surface area contributed by atoms with Crippen LogP contribution in [0.4, 0.5) is 0 Å². The molecule has 0 aromatic carbocycles. The largest absolute Gasteiger partial charge is 0.350 e. The lowest BCUT2D eigenvalue weighted by atomic mass is 10.3. The highest BCUT2D eigenvalue weighted by Crippen LogP contribution is 1.80. The van der Waals surface area contributed by atoms with Crippen molar-refractivity contribution in [3.05, 3.63) is 6.92 Å². The zero-order chi connectivity index (χ0) is 7.11. The first-order valence-electron chi connectivity index (χ1n) is 2.74. The quantitative estimate of drug-likeness (QED) is 0.323. The van der Waals surface area contributed by atoms with Crippen LogP contribution in [0.5, 0.6) is 0 Å². The summed E-state index contributed by atoms with van der Waals surface area (Å²) in [6, 6.07) is 0. The first-order valence-corrected chi connectivity index (χ1v) is 2.74. The number of amides is 1. The van der Waals surface area contributed by atoms with Crippen LogP contribution >= 0.6 is 0 Å². The molecule has 50 valence electrons. The first-order chi connectivity index (χ1) is 4.31. The number of carbonyl (C=O) groups excluding carboxylic acids is 2. The Kier molecular flexibility index (Phi) is 4.78. The molecular formula is C6H9NO2. The predicted octanol–water partition coefficient (Wildman–Crippen LogP) is -0.207. The minimum atomic E-state index is -0.580. The van der Waals surface area contributed by atoms with Crippen LogP contribution in [0.25, 0.3) is 0 Å². The maximum atomic E-state index is 10.2. The summed E-state index contributed by atoms with van der Waals surface area (Å²) < 4.78 is 0. The van der Waals surface area contributed by atoms with E-state index >= 15 is 0 Å². The summed E-state index contributed by atoms with van der Waals surface area (Å²) in [4.78, 5) is 19.8. The summed E-state index contributed by atoms with van der Waals surface area (Å²) in [6.07, 6.45) is 1.48. The predicted molar refractivity (Wildman–Crippen MR) is 32.6 cm³/mol. The summed E-state index contributed by atoms with van der Waals surface area (Å²) in [5.41, 5.74) is 0. The summed E-state index contributed by atoms with van der Waals surface area (Å²) >= 11 is 0. The van der Waals surface area contributed by atoms with Crippen molar-refractivity contribution in [2.75, 3.05) is 6.54 Å². The lowest BCUT2D eigenvalue weighted by molar-refractivity contribution is -0.131. The summed E-state index contributed by atoms with van der Waals surface area (Å²) in [7, 11) is 0. The van der Waals surface area contributed by atoms with Crippen LogP contribution in [0.1, 0.15) is 12.8 Å². The van der Waals surface area contributed by atoms with Gasteiger partial charge in [-0.15, -0.1) is 0 Å². The molecule has 2 radical (unpaired) electrons. The fourth-order valence-corrected chi connectivity index (χ4v) is 0.355. The fourth-order valence-electron chi connectivity index (χ4n) is 0.355. The van der Waals surface area contributed by atoms with Gasteiger partial charge in [0.15, 0.2) is 0 Å². The Labute approximate surface area is 54.4 Å². The van der Waals surface area contributed by atoms with Gasteiger partial charge < -0.3 is 5.32 Å². The molecule has 3 heteroatoms. The Morgan fingerprint density at radius 1 is 1.67 bits per heavy atom. The van der Waals surface area contributed by atoms with Crippen molar-refractivity contribution in [3.8, 4) is 0 Å². The third kappa shape index (κ3) is 5.00. The van der Waals surface area contributed by atoms with Gasteiger partial charge in [0.1, 0.15) is 0 Å². The average Bonchev–Trinajstić information content (AvgIpc) is 1.89. The molecule has 0 unspecified atom stereocenters. The molecule has 1 amide bonds. The highest BCUT2D eigenvalue weighted by Gasteiger charge is 1.92. The van der Waals surface area contributed by atoms with Gasteiger partial charge in [-0.2, -0.15) is 0 Å². The van der Waals surface area contributed by atoms with Gasteiger partial charge in [0.05, 0.1) is 0 Å². The first kappa shape index (κ1) is 8.14. The smallest absolute Gasteiger partial charge is 0.284 e. The van der Waals surface area contributed by atoms with Crippen molar-refractivity contribution >= 4 is 12.2 Å². The van der Waals surface area contributed by atoms with Gasteiger partial charge in [0.2, 0.25) is 6.29 Å². The Morgan fingerprint density at radius 2 is 2.33 bits per heavy atom. The van der Waals surface area contributed by atoms with E-state index in [1.165, 1.54) is 0 Å². The van der Waals surface area contributed by atoms with Gasteiger partial charge >= 0.3 is 0 Å². The van der Waals surface area contributed by atoms with Crippen LogP contribution in [-0.2, 0) is 9.59 Å². The second kappa shape index (κ2) is 5.28. The molecule has 0 aromatic heterocycles. The molecule has 0 aliphatic heterocycles. The second-order valence-corrected chi connectivity index (χ2v) is 1.55. The van der Waals surface area contributed by atoms with Gasteiger partial charge in [0, 0.05) is 6.54 Å². The van der Waals surface area contributed by atoms with Crippen LogP contribution in [-0.4, -0.2) is 18.7 Å². The number of aldehydes is 1. The number of hydrogen-bond donors (Lipinski definition) is 1. The van der Waals surface area contributed by atoms with Gasteiger partial charge in [-0.25, -0.2) is 0 Å². The van der Waals surface area contributed by atoms with Crippen molar-refractivity contribution in [2.45, 2.75) is 12.8 Å². The minimum absolute atomic E-state index is 0.247. The molecule has 0 atom stereocenters. The van der Waals surface area contributed by atoms with Crippen LogP contribution < -0.4 is 5.32 Å². The average molecular weight is 127 g/mol. The molecule has 0 aromatic rings. The molecule has 1 N–H and O–H groups in total. The van der Waals surface area contributed by atoms with Crippen molar-refractivity contribution < 1.29 is 9.59 Å².